The van der Waals surface area contributed by atoms with Crippen LogP contribution in [0.15, 0.2) is 5.16 Å². The van der Waals surface area contributed by atoms with Crippen molar-refractivity contribution in [2.75, 3.05) is 0 Å². The third-order valence-corrected chi connectivity index (χ3v) is 0.552. The van der Waals surface area contributed by atoms with E-state index in [2.05, 4.69) is 5.16 Å². The lowest BCUT2D eigenvalue weighted by Crippen LogP contribution is -1.92. The van der Waals surface area contributed by atoms with Crippen molar-refractivity contribution in [2.24, 2.45) is 5.16 Å². The molecule has 4 heteroatoms. The van der Waals surface area contributed by atoms with Crippen molar-refractivity contribution in [1.29, 1.82) is 0 Å². The van der Waals surface area contributed by atoms with Crippen LogP contribution in [-0.2, 0) is 9.90 Å². The fourth-order valence-corrected chi connectivity index (χ4v) is 0.208. The zero-order valence-corrected chi connectivity index (χ0v) is 4.13. The van der Waals surface area contributed by atoms with Gasteiger partial charge in [-0.15, -0.1) is 0 Å². The Morgan fingerprint density at radius 1 is 1.75 bits per heavy atom. The minimum Gasteiger partial charge on any atom is -0.408 e. The Labute approximate surface area is 46.4 Å². The highest BCUT2D eigenvalue weighted by Crippen LogP contribution is 1.85. The molecule has 0 aromatic carbocycles. The van der Waals surface area contributed by atoms with E-state index in [1.54, 1.807) is 0 Å². The van der Waals surface area contributed by atoms with E-state index in [4.69, 9.17) is 5.21 Å². The van der Waals surface area contributed by atoms with Crippen LogP contribution in [-0.4, -0.2) is 17.4 Å². The van der Waals surface area contributed by atoms with E-state index in [0.717, 1.165) is 0 Å². The molecule has 0 spiro atoms. The first-order valence-electron chi connectivity index (χ1n) is 2.04. The Morgan fingerprint density at radius 2 is 2.38 bits per heavy atom. The fraction of sp³-hybridized carbons (Fsp3) is 0.500. The highest BCUT2D eigenvalue weighted by molar-refractivity contribution is 5.75. The van der Waals surface area contributed by atoms with E-state index in [9.17, 15) is 9.90 Å². The van der Waals surface area contributed by atoms with Gasteiger partial charge in [-0.1, -0.05) is 0 Å². The lowest BCUT2D eigenvalue weighted by Gasteiger charge is -1.81. The van der Waals surface area contributed by atoms with E-state index >= 15 is 0 Å². The summed E-state index contributed by atoms with van der Waals surface area (Å²) in [5.74, 6) is -0.687. The van der Waals surface area contributed by atoms with E-state index in [-0.39, 0.29) is 12.8 Å². The number of rotatable bonds is 3. The third kappa shape index (κ3) is 3.14. The Morgan fingerprint density at radius 3 is 2.75 bits per heavy atom. The van der Waals surface area contributed by atoms with Gasteiger partial charge in [0.05, 0.1) is 0 Å². The molecule has 0 aliphatic carbocycles. The summed E-state index contributed by atoms with van der Waals surface area (Å²) in [7, 11) is 0. The lowest BCUT2D eigenvalue weighted by atomic mass is 10.3. The first-order chi connectivity index (χ1) is 3.81. The second-order valence-electron chi connectivity index (χ2n) is 1.14. The number of hydrogen-bond donors (Lipinski definition) is 1. The maximum Gasteiger partial charge on any atom is 0.281 e. The van der Waals surface area contributed by atoms with Crippen LogP contribution in [0.3, 0.4) is 0 Å². The van der Waals surface area contributed by atoms with Crippen LogP contribution in [0.2, 0.25) is 0 Å². The molecule has 0 aromatic heterocycles. The minimum atomic E-state index is -0.687. The van der Waals surface area contributed by atoms with Crippen molar-refractivity contribution in [3.8, 4) is 0 Å². The van der Waals surface area contributed by atoms with Gasteiger partial charge >= 0.3 is 0 Å². The summed E-state index contributed by atoms with van der Waals surface area (Å²) in [6.07, 6.45) is 1.44. The molecule has 0 saturated carbocycles. The largest absolute Gasteiger partial charge is 0.408 e. The quantitative estimate of drug-likeness (QED) is 0.245. The van der Waals surface area contributed by atoms with E-state index in [1.165, 1.54) is 6.29 Å². The van der Waals surface area contributed by atoms with Crippen LogP contribution in [0.25, 0.3) is 0 Å². The van der Waals surface area contributed by atoms with Crippen LogP contribution in [0.4, 0.5) is 0 Å². The Bertz CT molecular complexity index is 99.5. The normalized spacial score (nSPS) is 11.2. The zero-order valence-electron chi connectivity index (χ0n) is 4.13. The smallest absolute Gasteiger partial charge is 0.281 e. The summed E-state index contributed by atoms with van der Waals surface area (Å²) in [4.78, 5) is 9.42. The zero-order chi connectivity index (χ0) is 6.41. The van der Waals surface area contributed by atoms with E-state index < -0.39 is 5.90 Å². The molecule has 0 rings (SSSR count). The Kier molecular flexibility index (Phi) is 3.56. The molecule has 0 fully saturated rings. The molecule has 8 heavy (non-hydrogen) atoms. The molecule has 0 aliphatic heterocycles. The molecule has 0 unspecified atom stereocenters. The van der Waals surface area contributed by atoms with Crippen molar-refractivity contribution < 1.29 is 15.1 Å². The molecule has 44 valence electrons. The lowest BCUT2D eigenvalue weighted by molar-refractivity contribution is 0.282. The number of carbonyl (C=O) groups excluding carboxylic acids is 1. The molecule has 0 aliphatic rings. The maximum absolute atomic E-state index is 9.98. The number of oxime groups is 1. The van der Waals surface area contributed by atoms with Gasteiger partial charge in [0.15, 0.2) is 6.29 Å². The van der Waals surface area contributed by atoms with Gasteiger partial charge < -0.3 is 5.21 Å². The maximum atomic E-state index is 9.98. The predicted molar refractivity (Wildman–Crippen MR) is 24.8 cm³/mol. The molecule has 0 amide bonds. The van der Waals surface area contributed by atoms with Gasteiger partial charge in [-0.25, -0.2) is 0 Å². The van der Waals surface area contributed by atoms with Gasteiger partial charge in [0.2, 0.25) is 0 Å². The summed E-state index contributed by atoms with van der Waals surface area (Å²) in [5, 5.41) is 20.0. The first kappa shape index (κ1) is 6.94. The molecule has 4 nitrogen and oxygen atoms in total. The first-order valence-corrected chi connectivity index (χ1v) is 2.04. The topological polar surface area (TPSA) is 69.6 Å². The SMILES string of the molecule is [O]/C(CC[C]=O)=N\O. The van der Waals surface area contributed by atoms with Crippen molar-refractivity contribution in [3.63, 3.8) is 0 Å². The monoisotopic (exact) mass is 115 g/mol. The highest BCUT2D eigenvalue weighted by atomic mass is 16.5. The second-order valence-corrected chi connectivity index (χ2v) is 1.14. The summed E-state index contributed by atoms with van der Waals surface area (Å²) in [6, 6.07) is 0. The molecule has 1 N–H and O–H groups in total. The number of hydrogen-bond acceptors (Lipinski definition) is 3. The molecular formula is C4H5NO3. The minimum absolute atomic E-state index is 0.00287. The number of nitrogens with zero attached hydrogens (tertiary/aromatic N) is 1. The summed E-state index contributed by atoms with van der Waals surface area (Å²) in [6.45, 7) is 0. The van der Waals surface area contributed by atoms with Crippen molar-refractivity contribution in [1.82, 2.24) is 0 Å². The van der Waals surface area contributed by atoms with E-state index in [0.29, 0.717) is 0 Å². The average molecular weight is 115 g/mol. The van der Waals surface area contributed by atoms with Crippen LogP contribution in [0, 0.1) is 0 Å². The van der Waals surface area contributed by atoms with Crippen LogP contribution in [0.1, 0.15) is 12.8 Å². The van der Waals surface area contributed by atoms with Gasteiger partial charge in [0.25, 0.3) is 5.90 Å². The van der Waals surface area contributed by atoms with Gasteiger partial charge in [-0.2, -0.15) is 0 Å². The summed E-state index contributed by atoms with van der Waals surface area (Å²) < 4.78 is 0. The Balaban J connectivity index is 3.24. The van der Waals surface area contributed by atoms with Gasteiger partial charge in [-0.3, -0.25) is 9.90 Å². The molecule has 0 bridgehead atoms. The van der Waals surface area contributed by atoms with Gasteiger partial charge in [0, 0.05) is 12.8 Å². The molecule has 0 heterocycles. The van der Waals surface area contributed by atoms with Crippen molar-refractivity contribution in [3.05, 3.63) is 0 Å². The summed E-state index contributed by atoms with van der Waals surface area (Å²) in [5.41, 5.74) is 0. The standard InChI is InChI=1S/C4H5NO3/c6-3-1-2-4(7)5-8/h8H,1-2H2/b5-4-. The van der Waals surface area contributed by atoms with Crippen LogP contribution in [0.5, 0.6) is 0 Å². The Hall–Kier alpha value is -1.06. The molecule has 0 saturated heterocycles. The highest BCUT2D eigenvalue weighted by Gasteiger charge is 1.95. The van der Waals surface area contributed by atoms with Gasteiger partial charge in [-0.05, 0) is 5.16 Å². The fourth-order valence-electron chi connectivity index (χ4n) is 0.208. The molecular weight excluding hydrogens is 110 g/mol. The second kappa shape index (κ2) is 4.11. The van der Waals surface area contributed by atoms with Crippen molar-refractivity contribution in [2.45, 2.75) is 12.8 Å². The van der Waals surface area contributed by atoms with Crippen LogP contribution < -0.4 is 0 Å². The molecule has 2 radical (unpaired) electrons. The molecule has 0 aromatic rings. The summed E-state index contributed by atoms with van der Waals surface area (Å²) >= 11 is 0. The van der Waals surface area contributed by atoms with Gasteiger partial charge in [0.1, 0.15) is 0 Å². The third-order valence-electron chi connectivity index (χ3n) is 0.552. The van der Waals surface area contributed by atoms with Crippen molar-refractivity contribution >= 4 is 12.2 Å². The van der Waals surface area contributed by atoms with Crippen LogP contribution >= 0.6 is 0 Å². The van der Waals surface area contributed by atoms with E-state index in [1.807, 2.05) is 0 Å². The average Bonchev–Trinajstić information content (AvgIpc) is 1.83. The molecule has 0 atom stereocenters. The predicted octanol–water partition coefficient (Wildman–Crippen LogP) is 0.0945.